The summed E-state index contributed by atoms with van der Waals surface area (Å²) in [4.78, 5) is 23.6. The minimum absolute atomic E-state index is 0.376. The van der Waals surface area contributed by atoms with E-state index < -0.39 is 12.0 Å². The minimum Gasteiger partial charge on any atom is -0.378 e. The van der Waals surface area contributed by atoms with E-state index in [0.717, 1.165) is 4.90 Å². The number of hydrogen-bond donors (Lipinski definition) is 1. The summed E-state index contributed by atoms with van der Waals surface area (Å²) in [6, 6.07) is 6.73. The van der Waals surface area contributed by atoms with Gasteiger partial charge in [0.15, 0.2) is 6.10 Å². The number of aliphatic hydroxyl groups is 1. The Labute approximate surface area is 80.8 Å². The number of anilines is 1. The predicted molar refractivity (Wildman–Crippen MR) is 49.6 cm³/mol. The van der Waals surface area contributed by atoms with Gasteiger partial charge in [0, 0.05) is 12.5 Å². The molecule has 14 heavy (non-hydrogen) atoms. The van der Waals surface area contributed by atoms with Gasteiger partial charge in [0.05, 0.1) is 5.69 Å². The average molecular weight is 191 g/mol. The van der Waals surface area contributed by atoms with E-state index in [9.17, 15) is 14.7 Å². The minimum atomic E-state index is -1.20. The summed E-state index contributed by atoms with van der Waals surface area (Å²) in [7, 11) is 0. The molecule has 0 aliphatic carbocycles. The molecule has 0 spiro atoms. The first kappa shape index (κ1) is 8.90. The first-order valence-corrected chi connectivity index (χ1v) is 4.24. The van der Waals surface area contributed by atoms with Gasteiger partial charge in [-0.2, -0.15) is 0 Å². The molecular weight excluding hydrogens is 182 g/mol. The van der Waals surface area contributed by atoms with E-state index in [2.05, 4.69) is 0 Å². The number of benzene rings is 1. The van der Waals surface area contributed by atoms with Gasteiger partial charge in [-0.3, -0.25) is 9.59 Å². The van der Waals surface area contributed by atoms with E-state index in [1.54, 1.807) is 24.3 Å². The standard InChI is InChI=1S/C10H9NO3/c1-6(12)11-8-5-3-2-4-7(8)9(13)10(11)14/h2-5,9,13H,1H3. The van der Waals surface area contributed by atoms with Gasteiger partial charge in [-0.1, -0.05) is 18.2 Å². The van der Waals surface area contributed by atoms with Gasteiger partial charge in [0.25, 0.3) is 5.91 Å². The molecule has 1 aromatic rings. The van der Waals surface area contributed by atoms with Gasteiger partial charge < -0.3 is 5.11 Å². The number of aliphatic hydroxyl groups excluding tert-OH is 1. The van der Waals surface area contributed by atoms with Crippen LogP contribution in [0.15, 0.2) is 24.3 Å². The Kier molecular flexibility index (Phi) is 1.86. The van der Waals surface area contributed by atoms with E-state index >= 15 is 0 Å². The van der Waals surface area contributed by atoms with Crippen LogP contribution in [-0.4, -0.2) is 16.9 Å². The van der Waals surface area contributed by atoms with Crippen LogP contribution in [-0.2, 0) is 9.59 Å². The highest BCUT2D eigenvalue weighted by Gasteiger charge is 2.37. The normalized spacial score (nSPS) is 19.7. The molecule has 0 saturated heterocycles. The van der Waals surface area contributed by atoms with Crippen LogP contribution in [0.5, 0.6) is 0 Å². The Morgan fingerprint density at radius 2 is 2.07 bits per heavy atom. The summed E-state index contributed by atoms with van der Waals surface area (Å²) in [5.74, 6) is -0.947. The second-order valence-corrected chi connectivity index (χ2v) is 3.15. The maximum atomic E-state index is 11.5. The zero-order valence-electron chi connectivity index (χ0n) is 7.60. The number of carbonyl (C=O) groups excluding carboxylic acids is 2. The summed E-state index contributed by atoms with van der Waals surface area (Å²) in [5.41, 5.74) is 0.977. The molecule has 1 N–H and O–H groups in total. The first-order valence-electron chi connectivity index (χ1n) is 4.24. The molecule has 0 saturated carbocycles. The van der Waals surface area contributed by atoms with E-state index in [0.29, 0.717) is 11.3 Å². The molecule has 1 unspecified atom stereocenters. The lowest BCUT2D eigenvalue weighted by atomic mass is 10.1. The van der Waals surface area contributed by atoms with Crippen LogP contribution in [0.2, 0.25) is 0 Å². The Bertz CT molecular complexity index is 414. The Morgan fingerprint density at radius 3 is 2.71 bits per heavy atom. The van der Waals surface area contributed by atoms with Crippen molar-refractivity contribution in [3.8, 4) is 0 Å². The zero-order chi connectivity index (χ0) is 10.3. The molecule has 0 aromatic heterocycles. The summed E-state index contributed by atoms with van der Waals surface area (Å²) in [6.07, 6.45) is -1.20. The largest absolute Gasteiger partial charge is 0.378 e. The van der Waals surface area contributed by atoms with Gasteiger partial charge in [0.1, 0.15) is 0 Å². The van der Waals surface area contributed by atoms with Crippen LogP contribution in [0.1, 0.15) is 18.6 Å². The second-order valence-electron chi connectivity index (χ2n) is 3.15. The molecule has 1 aromatic carbocycles. The molecular formula is C10H9NO3. The van der Waals surface area contributed by atoms with Gasteiger partial charge in [-0.05, 0) is 6.07 Å². The number of fused-ring (bicyclic) bond motifs is 1. The van der Waals surface area contributed by atoms with Crippen molar-refractivity contribution in [1.29, 1.82) is 0 Å². The van der Waals surface area contributed by atoms with Gasteiger partial charge in [-0.25, -0.2) is 4.90 Å². The van der Waals surface area contributed by atoms with E-state index in [1.165, 1.54) is 6.92 Å². The fraction of sp³-hybridized carbons (Fsp3) is 0.200. The fourth-order valence-corrected chi connectivity index (χ4v) is 1.62. The molecule has 2 amide bonds. The highest BCUT2D eigenvalue weighted by atomic mass is 16.3. The number of para-hydroxylation sites is 1. The third kappa shape index (κ3) is 1.04. The number of carbonyl (C=O) groups is 2. The third-order valence-corrected chi connectivity index (χ3v) is 2.24. The summed E-state index contributed by atoms with van der Waals surface area (Å²) < 4.78 is 0. The summed E-state index contributed by atoms with van der Waals surface area (Å²) >= 11 is 0. The Morgan fingerprint density at radius 1 is 1.43 bits per heavy atom. The Balaban J connectivity index is 2.59. The monoisotopic (exact) mass is 191 g/mol. The van der Waals surface area contributed by atoms with Gasteiger partial charge >= 0.3 is 0 Å². The molecule has 1 aliphatic rings. The third-order valence-electron chi connectivity index (χ3n) is 2.24. The maximum Gasteiger partial charge on any atom is 0.267 e. The number of rotatable bonds is 0. The highest BCUT2D eigenvalue weighted by Crippen LogP contribution is 2.35. The molecule has 0 bridgehead atoms. The molecule has 72 valence electrons. The van der Waals surface area contributed by atoms with Crippen molar-refractivity contribution in [2.45, 2.75) is 13.0 Å². The van der Waals surface area contributed by atoms with Crippen LogP contribution in [0.3, 0.4) is 0 Å². The van der Waals surface area contributed by atoms with Gasteiger partial charge in [0.2, 0.25) is 5.91 Å². The SMILES string of the molecule is CC(=O)N1C(=O)C(O)c2ccccc21. The highest BCUT2D eigenvalue weighted by molar-refractivity contribution is 6.19. The van der Waals surface area contributed by atoms with Crippen molar-refractivity contribution in [3.05, 3.63) is 29.8 Å². The molecule has 4 nitrogen and oxygen atoms in total. The van der Waals surface area contributed by atoms with E-state index in [1.807, 2.05) is 0 Å². The van der Waals surface area contributed by atoms with Crippen molar-refractivity contribution in [2.75, 3.05) is 4.90 Å². The number of hydrogen-bond acceptors (Lipinski definition) is 3. The van der Waals surface area contributed by atoms with Crippen LogP contribution < -0.4 is 4.90 Å². The van der Waals surface area contributed by atoms with E-state index in [-0.39, 0.29) is 5.91 Å². The topological polar surface area (TPSA) is 57.6 Å². The van der Waals surface area contributed by atoms with Crippen molar-refractivity contribution in [3.63, 3.8) is 0 Å². The number of amides is 2. The van der Waals surface area contributed by atoms with Gasteiger partial charge in [-0.15, -0.1) is 0 Å². The molecule has 1 aliphatic heterocycles. The number of imide groups is 1. The summed E-state index contributed by atoms with van der Waals surface area (Å²) in [6.45, 7) is 1.30. The molecule has 2 rings (SSSR count). The predicted octanol–water partition coefficient (Wildman–Crippen LogP) is 0.613. The van der Waals surface area contributed by atoms with Crippen LogP contribution in [0, 0.1) is 0 Å². The first-order chi connectivity index (χ1) is 6.63. The van der Waals surface area contributed by atoms with E-state index in [4.69, 9.17) is 0 Å². The molecule has 0 radical (unpaired) electrons. The lowest BCUT2D eigenvalue weighted by Gasteiger charge is -2.11. The smallest absolute Gasteiger partial charge is 0.267 e. The number of nitrogens with zero attached hydrogens (tertiary/aromatic N) is 1. The average Bonchev–Trinajstić information content (AvgIpc) is 2.41. The van der Waals surface area contributed by atoms with Crippen LogP contribution in [0.25, 0.3) is 0 Å². The van der Waals surface area contributed by atoms with Crippen molar-refractivity contribution >= 4 is 17.5 Å². The lowest BCUT2D eigenvalue weighted by molar-refractivity contribution is -0.130. The van der Waals surface area contributed by atoms with Crippen LogP contribution in [0.4, 0.5) is 5.69 Å². The maximum absolute atomic E-state index is 11.5. The van der Waals surface area contributed by atoms with Crippen molar-refractivity contribution in [1.82, 2.24) is 0 Å². The van der Waals surface area contributed by atoms with Crippen molar-refractivity contribution in [2.24, 2.45) is 0 Å². The van der Waals surface area contributed by atoms with Crippen LogP contribution >= 0.6 is 0 Å². The molecule has 0 fully saturated rings. The second kappa shape index (κ2) is 2.92. The summed E-state index contributed by atoms with van der Waals surface area (Å²) in [5, 5.41) is 9.53. The molecule has 1 heterocycles. The zero-order valence-corrected chi connectivity index (χ0v) is 7.60. The Hall–Kier alpha value is -1.68. The molecule has 4 heteroatoms. The molecule has 1 atom stereocenters. The fourth-order valence-electron chi connectivity index (χ4n) is 1.62. The quantitative estimate of drug-likeness (QED) is 0.653. The lowest BCUT2D eigenvalue weighted by Crippen LogP contribution is -2.32. The van der Waals surface area contributed by atoms with Crippen molar-refractivity contribution < 1.29 is 14.7 Å².